The molecule has 0 spiro atoms. The number of hydrogen-bond acceptors (Lipinski definition) is 3. The molecule has 0 bridgehead atoms. The third kappa shape index (κ3) is 2.23. The molecular weight excluding hydrogens is 252 g/mol. The second-order valence-corrected chi connectivity index (χ2v) is 5.65. The van der Waals surface area contributed by atoms with Gasteiger partial charge in [-0.25, -0.2) is 0 Å². The maximum Gasteiger partial charge on any atom is 0.232 e. The zero-order valence-electron chi connectivity index (χ0n) is 12.1. The topological polar surface area (TPSA) is 41.6 Å². The molecule has 1 amide bonds. The van der Waals surface area contributed by atoms with Gasteiger partial charge in [0.05, 0.1) is 12.0 Å². The Bertz CT molecular complexity index is 503. The molecule has 0 aromatic heterocycles. The van der Waals surface area contributed by atoms with Crippen molar-refractivity contribution in [1.29, 1.82) is 0 Å². The van der Waals surface area contributed by atoms with Gasteiger partial charge in [0.25, 0.3) is 0 Å². The predicted molar refractivity (Wildman–Crippen MR) is 78.7 cm³/mol. The number of carbonyl (C=O) groups excluding carboxylic acids is 1. The van der Waals surface area contributed by atoms with Gasteiger partial charge in [0.15, 0.2) is 0 Å². The summed E-state index contributed by atoms with van der Waals surface area (Å²) in [5.74, 6) is 0.228. The van der Waals surface area contributed by atoms with E-state index < -0.39 is 0 Å². The van der Waals surface area contributed by atoms with Crippen LogP contribution in [0.1, 0.15) is 31.4 Å². The van der Waals surface area contributed by atoms with Gasteiger partial charge in [-0.3, -0.25) is 4.79 Å². The fraction of sp³-hybridized carbons (Fsp3) is 0.562. The molecule has 0 aliphatic carbocycles. The Morgan fingerprint density at radius 2 is 2.15 bits per heavy atom. The van der Waals surface area contributed by atoms with Crippen molar-refractivity contribution in [2.24, 2.45) is 5.92 Å². The van der Waals surface area contributed by atoms with Crippen LogP contribution in [-0.2, 0) is 9.53 Å². The van der Waals surface area contributed by atoms with Crippen LogP contribution in [0.15, 0.2) is 24.3 Å². The summed E-state index contributed by atoms with van der Waals surface area (Å²) in [6, 6.07) is 8.55. The van der Waals surface area contributed by atoms with Crippen molar-refractivity contribution < 1.29 is 9.53 Å². The quantitative estimate of drug-likeness (QED) is 0.898. The van der Waals surface area contributed by atoms with E-state index in [0.29, 0.717) is 12.6 Å². The summed E-state index contributed by atoms with van der Waals surface area (Å²) in [5, 5.41) is 3.34. The average molecular weight is 274 g/mol. The van der Waals surface area contributed by atoms with Crippen molar-refractivity contribution in [1.82, 2.24) is 5.32 Å². The lowest BCUT2D eigenvalue weighted by Crippen LogP contribution is -2.43. The first-order valence-corrected chi connectivity index (χ1v) is 7.41. The Balaban J connectivity index is 1.89. The van der Waals surface area contributed by atoms with E-state index in [1.165, 1.54) is 5.56 Å². The smallest absolute Gasteiger partial charge is 0.232 e. The Morgan fingerprint density at radius 1 is 1.35 bits per heavy atom. The standard InChI is InChI=1S/C16H22N2O2/c1-11-12(8-10-20-11)16(19)18-9-7-14(17-2)13-5-3-4-6-15(13)18/h3-6,11-12,14,17H,7-10H2,1-2H3. The third-order valence-corrected chi connectivity index (χ3v) is 4.55. The van der Waals surface area contributed by atoms with Crippen LogP contribution < -0.4 is 10.2 Å². The maximum atomic E-state index is 12.8. The molecule has 1 aromatic rings. The van der Waals surface area contributed by atoms with Crippen molar-refractivity contribution in [3.8, 4) is 0 Å². The number of anilines is 1. The molecule has 1 N–H and O–H groups in total. The highest BCUT2D eigenvalue weighted by molar-refractivity contribution is 5.96. The summed E-state index contributed by atoms with van der Waals surface area (Å²) in [6.45, 7) is 3.48. The fourth-order valence-corrected chi connectivity index (χ4v) is 3.35. The molecular formula is C16H22N2O2. The average Bonchev–Trinajstić information content (AvgIpc) is 2.91. The largest absolute Gasteiger partial charge is 0.378 e. The zero-order valence-corrected chi connectivity index (χ0v) is 12.1. The number of amides is 1. The highest BCUT2D eigenvalue weighted by Gasteiger charge is 2.36. The number of para-hydroxylation sites is 1. The minimum absolute atomic E-state index is 0.00851. The van der Waals surface area contributed by atoms with Crippen molar-refractivity contribution in [3.63, 3.8) is 0 Å². The molecule has 4 heteroatoms. The molecule has 1 fully saturated rings. The van der Waals surface area contributed by atoms with E-state index in [-0.39, 0.29) is 17.9 Å². The van der Waals surface area contributed by atoms with Gasteiger partial charge in [-0.05, 0) is 38.4 Å². The lowest BCUT2D eigenvalue weighted by Gasteiger charge is -2.36. The molecule has 108 valence electrons. The van der Waals surface area contributed by atoms with E-state index in [2.05, 4.69) is 17.4 Å². The molecule has 1 saturated heterocycles. The number of ether oxygens (including phenoxy) is 1. The number of benzene rings is 1. The van der Waals surface area contributed by atoms with Crippen molar-refractivity contribution in [2.75, 3.05) is 25.1 Å². The normalized spacial score (nSPS) is 29.3. The van der Waals surface area contributed by atoms with Gasteiger partial charge >= 0.3 is 0 Å². The number of nitrogens with zero attached hydrogens (tertiary/aromatic N) is 1. The second-order valence-electron chi connectivity index (χ2n) is 5.65. The number of nitrogens with one attached hydrogen (secondary N) is 1. The third-order valence-electron chi connectivity index (χ3n) is 4.55. The van der Waals surface area contributed by atoms with E-state index in [1.54, 1.807) is 0 Å². The van der Waals surface area contributed by atoms with Crippen LogP contribution in [-0.4, -0.2) is 32.2 Å². The molecule has 20 heavy (non-hydrogen) atoms. The van der Waals surface area contributed by atoms with Crippen LogP contribution >= 0.6 is 0 Å². The molecule has 0 saturated carbocycles. The molecule has 3 rings (SSSR count). The highest BCUT2D eigenvalue weighted by Crippen LogP contribution is 2.35. The Morgan fingerprint density at radius 3 is 2.85 bits per heavy atom. The summed E-state index contributed by atoms with van der Waals surface area (Å²) in [4.78, 5) is 14.8. The Labute approximate surface area is 120 Å². The first-order chi connectivity index (χ1) is 9.72. The van der Waals surface area contributed by atoms with E-state index in [9.17, 15) is 4.79 Å². The summed E-state index contributed by atoms with van der Waals surface area (Å²) in [6.07, 6.45) is 1.84. The Hall–Kier alpha value is -1.39. The van der Waals surface area contributed by atoms with Crippen LogP contribution in [0.4, 0.5) is 5.69 Å². The summed E-state index contributed by atoms with van der Waals surface area (Å²) in [5.41, 5.74) is 2.28. The molecule has 2 aliphatic heterocycles. The van der Waals surface area contributed by atoms with Gasteiger partial charge in [-0.1, -0.05) is 18.2 Å². The highest BCUT2D eigenvalue weighted by atomic mass is 16.5. The van der Waals surface area contributed by atoms with Crippen LogP contribution in [0.2, 0.25) is 0 Å². The molecule has 3 unspecified atom stereocenters. The van der Waals surface area contributed by atoms with Crippen molar-refractivity contribution in [2.45, 2.75) is 31.9 Å². The predicted octanol–water partition coefficient (Wildman–Crippen LogP) is 2.11. The monoisotopic (exact) mass is 274 g/mol. The summed E-state index contributed by atoms with van der Waals surface area (Å²) >= 11 is 0. The van der Waals surface area contributed by atoms with E-state index in [1.807, 2.05) is 31.0 Å². The minimum Gasteiger partial charge on any atom is -0.378 e. The van der Waals surface area contributed by atoms with Crippen molar-refractivity contribution >= 4 is 11.6 Å². The first kappa shape index (κ1) is 13.6. The molecule has 3 atom stereocenters. The molecule has 1 aromatic carbocycles. The molecule has 0 radical (unpaired) electrons. The fourth-order valence-electron chi connectivity index (χ4n) is 3.35. The summed E-state index contributed by atoms with van der Waals surface area (Å²) in [7, 11) is 1.98. The number of rotatable bonds is 2. The maximum absolute atomic E-state index is 12.8. The van der Waals surface area contributed by atoms with Gasteiger partial charge in [-0.2, -0.15) is 0 Å². The molecule has 4 nitrogen and oxygen atoms in total. The Kier molecular flexibility index (Phi) is 3.76. The molecule has 2 heterocycles. The van der Waals surface area contributed by atoms with E-state index in [0.717, 1.165) is 25.1 Å². The van der Waals surface area contributed by atoms with Gasteiger partial charge in [0.1, 0.15) is 0 Å². The van der Waals surface area contributed by atoms with E-state index >= 15 is 0 Å². The van der Waals surface area contributed by atoms with Crippen LogP contribution in [0.25, 0.3) is 0 Å². The lowest BCUT2D eigenvalue weighted by molar-refractivity contribution is -0.123. The van der Waals surface area contributed by atoms with Gasteiger partial charge in [0.2, 0.25) is 5.91 Å². The van der Waals surface area contributed by atoms with Crippen LogP contribution in [0.3, 0.4) is 0 Å². The van der Waals surface area contributed by atoms with Crippen LogP contribution in [0, 0.1) is 5.92 Å². The van der Waals surface area contributed by atoms with Gasteiger partial charge in [-0.15, -0.1) is 0 Å². The summed E-state index contributed by atoms with van der Waals surface area (Å²) < 4.78 is 5.55. The van der Waals surface area contributed by atoms with Gasteiger partial charge in [0, 0.05) is 24.9 Å². The lowest BCUT2D eigenvalue weighted by atomic mass is 9.93. The second kappa shape index (κ2) is 5.54. The number of carbonyl (C=O) groups is 1. The number of hydrogen-bond donors (Lipinski definition) is 1. The minimum atomic E-state index is 0.00851. The van der Waals surface area contributed by atoms with Crippen LogP contribution in [0.5, 0.6) is 0 Å². The van der Waals surface area contributed by atoms with Gasteiger partial charge < -0.3 is 15.0 Å². The molecule has 2 aliphatic rings. The zero-order chi connectivity index (χ0) is 14.1. The van der Waals surface area contributed by atoms with E-state index in [4.69, 9.17) is 4.74 Å². The SMILES string of the molecule is CNC1CCN(C(=O)C2CCOC2C)c2ccccc21. The van der Waals surface area contributed by atoms with Crippen molar-refractivity contribution in [3.05, 3.63) is 29.8 Å². The first-order valence-electron chi connectivity index (χ1n) is 7.41. The number of fused-ring (bicyclic) bond motifs is 1.